The Morgan fingerprint density at radius 2 is 1.68 bits per heavy atom. The number of hydrogen-bond acceptors (Lipinski definition) is 8. The number of rotatable bonds is 8. The average Bonchev–Trinajstić information content (AvgIpc) is 2.20. The molecule has 0 aromatic carbocycles. The Morgan fingerprint density at radius 3 is 2.05 bits per heavy atom. The van der Waals surface area contributed by atoms with Gasteiger partial charge in [-0.25, -0.2) is 4.57 Å². The van der Waals surface area contributed by atoms with Crippen molar-refractivity contribution in [2.45, 2.75) is 18.3 Å². The first kappa shape index (κ1) is 18.6. The molecular weight excluding hydrogens is 311 g/mol. The van der Waals surface area contributed by atoms with Crippen molar-refractivity contribution >= 4 is 23.7 Å². The lowest BCUT2D eigenvalue weighted by Gasteiger charge is -2.21. The summed E-state index contributed by atoms with van der Waals surface area (Å²) in [4.78, 5) is 27.7. The van der Waals surface area contributed by atoms with Crippen LogP contribution in [0.3, 0.4) is 0 Å². The Balaban J connectivity index is 4.51. The lowest BCUT2D eigenvalue weighted by Crippen LogP contribution is -2.46. The number of phosphoric acid groups is 1. The van der Waals surface area contributed by atoms with Gasteiger partial charge >= 0.3 is 7.82 Å². The van der Waals surface area contributed by atoms with E-state index in [1.807, 2.05) is 0 Å². The lowest BCUT2D eigenvalue weighted by molar-refractivity contribution is -0.140. The van der Waals surface area contributed by atoms with Crippen LogP contribution >= 0.6 is 7.82 Å². The number of aliphatic hydroxyl groups excluding tert-OH is 3. The molecule has 19 heavy (non-hydrogen) atoms. The summed E-state index contributed by atoms with van der Waals surface area (Å²) in [7, 11) is -9.61. The van der Waals surface area contributed by atoms with Gasteiger partial charge in [-0.2, -0.15) is 8.42 Å². The van der Waals surface area contributed by atoms with Gasteiger partial charge in [0.05, 0.1) is 6.10 Å². The molecule has 0 aromatic heterocycles. The second-order valence-electron chi connectivity index (χ2n) is 3.48. The van der Waals surface area contributed by atoms with Crippen LogP contribution in [0.2, 0.25) is 0 Å². The molecule has 11 nitrogen and oxygen atoms in total. The van der Waals surface area contributed by atoms with Crippen molar-refractivity contribution in [2.24, 2.45) is 0 Å². The van der Waals surface area contributed by atoms with Crippen LogP contribution in [0.15, 0.2) is 0 Å². The minimum Gasteiger partial charge on any atom is -0.389 e. The third-order valence-corrected chi connectivity index (χ3v) is 3.03. The molecule has 0 aromatic rings. The molecule has 6 N–H and O–H groups in total. The van der Waals surface area contributed by atoms with Gasteiger partial charge in [-0.1, -0.05) is 0 Å². The maximum Gasteiger partial charge on any atom is 0.470 e. The van der Waals surface area contributed by atoms with E-state index in [1.165, 1.54) is 0 Å². The highest BCUT2D eigenvalue weighted by molar-refractivity contribution is 7.85. The smallest absolute Gasteiger partial charge is 0.389 e. The standard InChI is InChI=1S/C6H13O11PS/c7-3(1-17-18(11,12)13)5(9)6(10)4(8)2-19(14,15)16/h4-6,8-10H,1-2H2,(H2,11,12,13)(H,14,15,16). The Kier molecular flexibility index (Phi) is 6.68. The largest absolute Gasteiger partial charge is 0.470 e. The van der Waals surface area contributed by atoms with E-state index in [2.05, 4.69) is 4.52 Å². The zero-order valence-electron chi connectivity index (χ0n) is 9.23. The van der Waals surface area contributed by atoms with Gasteiger partial charge in [-0.15, -0.1) is 0 Å². The molecule has 3 unspecified atom stereocenters. The Hall–Kier alpha value is -0.430. The molecule has 0 saturated heterocycles. The van der Waals surface area contributed by atoms with E-state index in [0.29, 0.717) is 0 Å². The fraction of sp³-hybridized carbons (Fsp3) is 0.833. The number of Topliss-reactive ketones (excluding diaryl/α,β-unsaturated/α-hetero) is 1. The van der Waals surface area contributed by atoms with Gasteiger partial charge in [0.15, 0.2) is 5.78 Å². The summed E-state index contributed by atoms with van der Waals surface area (Å²) in [6.45, 7) is -1.26. The predicted molar refractivity (Wildman–Crippen MR) is 57.4 cm³/mol. The summed E-state index contributed by atoms with van der Waals surface area (Å²) >= 11 is 0. The van der Waals surface area contributed by atoms with Crippen molar-refractivity contribution in [3.63, 3.8) is 0 Å². The minimum atomic E-state index is -4.96. The summed E-state index contributed by atoms with van der Waals surface area (Å²) in [5, 5.41) is 27.5. The zero-order valence-corrected chi connectivity index (χ0v) is 10.9. The lowest BCUT2D eigenvalue weighted by atomic mass is 10.1. The molecule has 3 atom stereocenters. The molecule has 0 aliphatic heterocycles. The first-order valence-corrected chi connectivity index (χ1v) is 7.69. The van der Waals surface area contributed by atoms with Gasteiger partial charge in [0.1, 0.15) is 24.6 Å². The highest BCUT2D eigenvalue weighted by Gasteiger charge is 2.33. The van der Waals surface area contributed by atoms with Crippen molar-refractivity contribution in [1.29, 1.82) is 0 Å². The third kappa shape index (κ3) is 8.36. The molecule has 0 aliphatic rings. The second kappa shape index (κ2) is 6.83. The summed E-state index contributed by atoms with van der Waals surface area (Å²) in [5.41, 5.74) is 0. The van der Waals surface area contributed by atoms with Crippen molar-refractivity contribution in [3.8, 4) is 0 Å². The number of carbonyl (C=O) groups excluding carboxylic acids is 1. The molecule has 0 spiro atoms. The Bertz CT molecular complexity index is 452. The molecule has 13 heteroatoms. The fourth-order valence-electron chi connectivity index (χ4n) is 0.948. The highest BCUT2D eigenvalue weighted by Crippen LogP contribution is 2.35. The SMILES string of the molecule is O=C(COP(=O)(O)O)C(O)C(O)C(O)CS(=O)(=O)O. The van der Waals surface area contributed by atoms with E-state index in [1.54, 1.807) is 0 Å². The van der Waals surface area contributed by atoms with Gasteiger partial charge in [0.25, 0.3) is 10.1 Å². The number of phosphoric ester groups is 1. The third-order valence-electron chi connectivity index (χ3n) is 1.80. The topological polar surface area (TPSA) is 199 Å². The summed E-state index contributed by atoms with van der Waals surface area (Å²) in [6.07, 6.45) is -6.80. The van der Waals surface area contributed by atoms with Gasteiger partial charge in [-0.05, 0) is 0 Å². The number of aliphatic hydroxyl groups is 3. The van der Waals surface area contributed by atoms with E-state index in [0.717, 1.165) is 0 Å². The molecule has 114 valence electrons. The van der Waals surface area contributed by atoms with Gasteiger partial charge in [-0.3, -0.25) is 13.9 Å². The minimum absolute atomic E-state index is 1.26. The van der Waals surface area contributed by atoms with E-state index in [4.69, 9.17) is 19.4 Å². The second-order valence-corrected chi connectivity index (χ2v) is 6.22. The fourth-order valence-corrected chi connectivity index (χ4v) is 1.87. The molecule has 0 radical (unpaired) electrons. The highest BCUT2D eigenvalue weighted by atomic mass is 32.2. The summed E-state index contributed by atoms with van der Waals surface area (Å²) in [6, 6.07) is 0. The Labute approximate surface area is 107 Å². The van der Waals surface area contributed by atoms with Gasteiger partial charge in [0.2, 0.25) is 0 Å². The van der Waals surface area contributed by atoms with E-state index < -0.39 is 54.4 Å². The van der Waals surface area contributed by atoms with E-state index >= 15 is 0 Å². The quantitative estimate of drug-likeness (QED) is 0.192. The van der Waals surface area contributed by atoms with Crippen LogP contribution in [0.25, 0.3) is 0 Å². The summed E-state index contributed by atoms with van der Waals surface area (Å²) in [5.74, 6) is -2.73. The maximum atomic E-state index is 11.1. The molecule has 0 saturated carbocycles. The molecule has 0 heterocycles. The van der Waals surface area contributed by atoms with Crippen molar-refractivity contribution < 1.29 is 52.0 Å². The number of ketones is 1. The van der Waals surface area contributed by atoms with Crippen LogP contribution < -0.4 is 0 Å². The van der Waals surface area contributed by atoms with Crippen LogP contribution in [0.1, 0.15) is 0 Å². The Morgan fingerprint density at radius 1 is 1.21 bits per heavy atom. The normalized spacial score (nSPS) is 17.8. The van der Waals surface area contributed by atoms with Crippen molar-refractivity contribution in [3.05, 3.63) is 0 Å². The van der Waals surface area contributed by atoms with Crippen LogP contribution in [-0.2, 0) is 24.0 Å². The maximum absolute atomic E-state index is 11.1. The number of carbonyl (C=O) groups is 1. The van der Waals surface area contributed by atoms with Crippen molar-refractivity contribution in [2.75, 3.05) is 12.4 Å². The van der Waals surface area contributed by atoms with Crippen LogP contribution in [0, 0.1) is 0 Å². The molecule has 0 amide bonds. The van der Waals surface area contributed by atoms with Crippen LogP contribution in [-0.4, -0.2) is 74.5 Å². The molecule has 0 fully saturated rings. The first-order valence-electron chi connectivity index (χ1n) is 4.55. The first-order chi connectivity index (χ1) is 8.33. The summed E-state index contributed by atoms with van der Waals surface area (Å²) < 4.78 is 43.1. The number of hydrogen-bond donors (Lipinski definition) is 6. The van der Waals surface area contributed by atoms with Crippen LogP contribution in [0.4, 0.5) is 0 Å². The monoisotopic (exact) mass is 324 g/mol. The van der Waals surface area contributed by atoms with Gasteiger partial charge < -0.3 is 25.1 Å². The average molecular weight is 324 g/mol. The zero-order chi connectivity index (χ0) is 15.4. The van der Waals surface area contributed by atoms with Crippen molar-refractivity contribution in [1.82, 2.24) is 0 Å². The predicted octanol–water partition coefficient (Wildman–Crippen LogP) is -3.36. The molecule has 0 rings (SSSR count). The van der Waals surface area contributed by atoms with Crippen LogP contribution in [0.5, 0.6) is 0 Å². The van der Waals surface area contributed by atoms with E-state index in [9.17, 15) is 28.0 Å². The van der Waals surface area contributed by atoms with E-state index in [-0.39, 0.29) is 0 Å². The van der Waals surface area contributed by atoms with Gasteiger partial charge in [0, 0.05) is 0 Å². The molecule has 0 bridgehead atoms. The molecule has 0 aliphatic carbocycles. The molecular formula is C6H13O11PS.